The molecule has 2 aromatic carbocycles. The lowest BCUT2D eigenvalue weighted by molar-refractivity contribution is -0.384. The summed E-state index contributed by atoms with van der Waals surface area (Å²) < 4.78 is 5.48. The van der Waals surface area contributed by atoms with Crippen LogP contribution in [0.2, 0.25) is 0 Å². The monoisotopic (exact) mass is 368 g/mol. The van der Waals surface area contributed by atoms with Crippen LogP contribution in [0.15, 0.2) is 48.5 Å². The van der Waals surface area contributed by atoms with E-state index in [1.54, 1.807) is 43.3 Å². The molecule has 2 aromatic rings. The van der Waals surface area contributed by atoms with Gasteiger partial charge in [0.1, 0.15) is 5.69 Å². The van der Waals surface area contributed by atoms with Crippen LogP contribution >= 0.6 is 0 Å². The fourth-order valence-corrected chi connectivity index (χ4v) is 2.85. The number of nitro benzene ring substituents is 1. The van der Waals surface area contributed by atoms with Crippen molar-refractivity contribution < 1.29 is 19.2 Å². The van der Waals surface area contributed by atoms with E-state index < -0.39 is 22.9 Å². The maximum Gasteiger partial charge on any atom is 0.310 e. The van der Waals surface area contributed by atoms with Crippen molar-refractivity contribution in [3.63, 3.8) is 0 Å². The SMILES string of the molecule is Cc1ccc(NC(=O)[C@H](OC(=O)C2CCC2)c2ccccc2)c([N+](=O)[O-])c1. The molecule has 7 heteroatoms. The Morgan fingerprint density at radius 2 is 1.89 bits per heavy atom. The lowest BCUT2D eigenvalue weighted by atomic mass is 9.85. The molecule has 0 unspecified atom stereocenters. The molecule has 1 amide bonds. The van der Waals surface area contributed by atoms with Gasteiger partial charge in [0, 0.05) is 11.6 Å². The van der Waals surface area contributed by atoms with Crippen molar-refractivity contribution in [2.45, 2.75) is 32.3 Å². The van der Waals surface area contributed by atoms with Crippen molar-refractivity contribution in [2.24, 2.45) is 5.92 Å². The molecule has 7 nitrogen and oxygen atoms in total. The van der Waals surface area contributed by atoms with Crippen LogP contribution < -0.4 is 5.32 Å². The molecule has 3 rings (SSSR count). The van der Waals surface area contributed by atoms with Gasteiger partial charge in [0.25, 0.3) is 11.6 Å². The van der Waals surface area contributed by atoms with Gasteiger partial charge in [0.15, 0.2) is 0 Å². The number of nitro groups is 1. The molecule has 1 fully saturated rings. The average Bonchev–Trinajstić information content (AvgIpc) is 2.60. The number of nitrogens with zero attached hydrogens (tertiary/aromatic N) is 1. The van der Waals surface area contributed by atoms with Crippen molar-refractivity contribution in [2.75, 3.05) is 5.32 Å². The highest BCUT2D eigenvalue weighted by Crippen LogP contribution is 2.31. The minimum atomic E-state index is -1.17. The van der Waals surface area contributed by atoms with E-state index in [0.29, 0.717) is 11.1 Å². The highest BCUT2D eigenvalue weighted by molar-refractivity contribution is 5.98. The number of hydrogen-bond donors (Lipinski definition) is 1. The molecule has 1 N–H and O–H groups in total. The Morgan fingerprint density at radius 1 is 1.19 bits per heavy atom. The first-order valence-corrected chi connectivity index (χ1v) is 8.77. The normalized spacial score (nSPS) is 14.7. The van der Waals surface area contributed by atoms with Crippen molar-refractivity contribution in [3.05, 3.63) is 69.8 Å². The summed E-state index contributed by atoms with van der Waals surface area (Å²) in [5, 5.41) is 13.8. The third kappa shape index (κ3) is 4.31. The fraction of sp³-hybridized carbons (Fsp3) is 0.300. The van der Waals surface area contributed by atoms with Crippen LogP contribution in [0, 0.1) is 23.0 Å². The van der Waals surface area contributed by atoms with Gasteiger partial charge in [-0.15, -0.1) is 0 Å². The van der Waals surface area contributed by atoms with Crippen LogP contribution in [0.25, 0.3) is 0 Å². The van der Waals surface area contributed by atoms with E-state index in [9.17, 15) is 19.7 Å². The van der Waals surface area contributed by atoms with Gasteiger partial charge < -0.3 is 10.1 Å². The fourth-order valence-electron chi connectivity index (χ4n) is 2.85. The lowest BCUT2D eigenvalue weighted by Crippen LogP contribution is -2.31. The predicted molar refractivity (Wildman–Crippen MR) is 99.1 cm³/mol. The number of anilines is 1. The largest absolute Gasteiger partial charge is 0.447 e. The molecule has 0 bridgehead atoms. The Kier molecular flexibility index (Phi) is 5.49. The second-order valence-corrected chi connectivity index (χ2v) is 6.62. The number of ether oxygens (including phenoxy) is 1. The van der Waals surface area contributed by atoms with Crippen molar-refractivity contribution in [1.29, 1.82) is 0 Å². The summed E-state index contributed by atoms with van der Waals surface area (Å²) in [5.41, 5.74) is 1.07. The van der Waals surface area contributed by atoms with Gasteiger partial charge in [-0.3, -0.25) is 19.7 Å². The second-order valence-electron chi connectivity index (χ2n) is 6.62. The third-order valence-corrected chi connectivity index (χ3v) is 4.62. The first-order valence-electron chi connectivity index (χ1n) is 8.77. The van der Waals surface area contributed by atoms with Crippen LogP contribution in [0.1, 0.15) is 36.5 Å². The van der Waals surface area contributed by atoms with Gasteiger partial charge in [0.2, 0.25) is 6.10 Å². The van der Waals surface area contributed by atoms with Crippen LogP contribution in [0.5, 0.6) is 0 Å². The molecule has 0 radical (unpaired) electrons. The molecular weight excluding hydrogens is 348 g/mol. The summed E-state index contributed by atoms with van der Waals surface area (Å²) in [6.07, 6.45) is 1.31. The van der Waals surface area contributed by atoms with Crippen molar-refractivity contribution in [1.82, 2.24) is 0 Å². The Balaban J connectivity index is 1.85. The predicted octanol–water partition coefficient (Wildman–Crippen LogP) is 3.93. The molecule has 1 aliphatic rings. The summed E-state index contributed by atoms with van der Waals surface area (Å²) in [4.78, 5) is 35.8. The molecule has 140 valence electrons. The van der Waals surface area contributed by atoms with Gasteiger partial charge in [-0.1, -0.05) is 42.8 Å². The van der Waals surface area contributed by atoms with Gasteiger partial charge in [-0.05, 0) is 31.4 Å². The Morgan fingerprint density at radius 3 is 2.48 bits per heavy atom. The smallest absolute Gasteiger partial charge is 0.310 e. The Bertz CT molecular complexity index is 862. The molecular formula is C20H20N2O5. The Labute approximate surface area is 156 Å². The summed E-state index contributed by atoms with van der Waals surface area (Å²) in [7, 11) is 0. The van der Waals surface area contributed by atoms with E-state index >= 15 is 0 Å². The minimum Gasteiger partial charge on any atom is -0.447 e. The molecule has 0 spiro atoms. The summed E-state index contributed by atoms with van der Waals surface area (Å²) in [6, 6.07) is 13.2. The number of carbonyl (C=O) groups excluding carboxylic acids is 2. The first kappa shape index (κ1) is 18.6. The maximum absolute atomic E-state index is 12.8. The molecule has 1 atom stereocenters. The zero-order chi connectivity index (χ0) is 19.4. The highest BCUT2D eigenvalue weighted by atomic mass is 16.6. The van der Waals surface area contributed by atoms with E-state index in [1.165, 1.54) is 12.1 Å². The van der Waals surface area contributed by atoms with Crippen LogP contribution in [0.4, 0.5) is 11.4 Å². The second kappa shape index (κ2) is 7.99. The number of esters is 1. The number of benzene rings is 2. The maximum atomic E-state index is 12.8. The number of hydrogen-bond acceptors (Lipinski definition) is 5. The van der Waals surface area contributed by atoms with Gasteiger partial charge in [-0.2, -0.15) is 0 Å². The van der Waals surface area contributed by atoms with Crippen LogP contribution in [-0.2, 0) is 14.3 Å². The van der Waals surface area contributed by atoms with Gasteiger partial charge in [-0.25, -0.2) is 0 Å². The summed E-state index contributed by atoms with van der Waals surface area (Å²) in [6.45, 7) is 1.73. The lowest BCUT2D eigenvalue weighted by Gasteiger charge is -2.26. The standard InChI is InChI=1S/C20H20N2O5/c1-13-10-11-16(17(12-13)22(25)26)21-19(23)18(14-6-3-2-4-7-14)27-20(24)15-8-5-9-15/h2-4,6-7,10-12,15,18H,5,8-9H2,1H3,(H,21,23)/t18-/m1/s1. The summed E-state index contributed by atoms with van der Waals surface area (Å²) >= 11 is 0. The zero-order valence-corrected chi connectivity index (χ0v) is 14.9. The molecule has 27 heavy (non-hydrogen) atoms. The van der Waals surface area contributed by atoms with E-state index in [4.69, 9.17) is 4.74 Å². The number of rotatable bonds is 6. The first-order chi connectivity index (χ1) is 13.0. The van der Waals surface area contributed by atoms with E-state index in [1.807, 2.05) is 0 Å². The molecule has 0 aromatic heterocycles. The molecule has 0 saturated heterocycles. The number of carbonyl (C=O) groups is 2. The quantitative estimate of drug-likeness (QED) is 0.473. The Hall–Kier alpha value is -3.22. The molecule has 1 saturated carbocycles. The number of aryl methyl sites for hydroxylation is 1. The highest BCUT2D eigenvalue weighted by Gasteiger charge is 2.32. The van der Waals surface area contributed by atoms with E-state index in [2.05, 4.69) is 5.32 Å². The van der Waals surface area contributed by atoms with Crippen LogP contribution in [0.3, 0.4) is 0 Å². The minimum absolute atomic E-state index is 0.0659. The molecule has 1 aliphatic carbocycles. The topological polar surface area (TPSA) is 98.5 Å². The third-order valence-electron chi connectivity index (χ3n) is 4.62. The number of amides is 1. The number of nitrogens with one attached hydrogen (secondary N) is 1. The molecule has 0 heterocycles. The van der Waals surface area contributed by atoms with E-state index in [-0.39, 0.29) is 17.3 Å². The van der Waals surface area contributed by atoms with Gasteiger partial charge in [0.05, 0.1) is 10.8 Å². The zero-order valence-electron chi connectivity index (χ0n) is 14.9. The van der Waals surface area contributed by atoms with Crippen LogP contribution in [-0.4, -0.2) is 16.8 Å². The van der Waals surface area contributed by atoms with Crippen molar-refractivity contribution in [3.8, 4) is 0 Å². The summed E-state index contributed by atoms with van der Waals surface area (Å²) in [5.74, 6) is -1.22. The van der Waals surface area contributed by atoms with Gasteiger partial charge >= 0.3 is 5.97 Å². The van der Waals surface area contributed by atoms with Crippen molar-refractivity contribution >= 4 is 23.3 Å². The molecule has 0 aliphatic heterocycles. The van der Waals surface area contributed by atoms with E-state index in [0.717, 1.165) is 19.3 Å². The average molecular weight is 368 g/mol.